The quantitative estimate of drug-likeness (QED) is 0.404. The van der Waals surface area contributed by atoms with Gasteiger partial charge in [-0.15, -0.1) is 0 Å². The van der Waals surface area contributed by atoms with E-state index in [0.717, 1.165) is 0 Å². The molecule has 112 valence electrons. The molecule has 0 bridgehead atoms. The van der Waals surface area contributed by atoms with Crippen LogP contribution in [-0.2, 0) is 0 Å². The molecule has 0 radical (unpaired) electrons. The van der Waals surface area contributed by atoms with Crippen LogP contribution in [0, 0.1) is 10.1 Å². The van der Waals surface area contributed by atoms with Crippen molar-refractivity contribution < 1.29 is 20.2 Å². The van der Waals surface area contributed by atoms with Gasteiger partial charge in [-0.1, -0.05) is 6.92 Å². The fourth-order valence-corrected chi connectivity index (χ4v) is 1.76. The van der Waals surface area contributed by atoms with Gasteiger partial charge >= 0.3 is 0 Å². The highest BCUT2D eigenvalue weighted by atomic mass is 16.6. The number of non-ortho nitro benzene ring substituents is 1. The van der Waals surface area contributed by atoms with E-state index in [1.165, 1.54) is 24.3 Å². The molecule has 1 rings (SSSR count). The predicted octanol–water partition coefficient (Wildman–Crippen LogP) is 0.351. The lowest BCUT2D eigenvalue weighted by molar-refractivity contribution is -0.384. The van der Waals surface area contributed by atoms with E-state index in [9.17, 15) is 25.4 Å². The van der Waals surface area contributed by atoms with Crippen LogP contribution in [0.4, 0.5) is 5.69 Å². The summed E-state index contributed by atoms with van der Waals surface area (Å²) in [5, 5.41) is 42.0. The molecule has 1 aromatic rings. The van der Waals surface area contributed by atoms with Gasteiger partial charge in [-0.2, -0.15) is 0 Å². The number of nitro groups is 1. The van der Waals surface area contributed by atoms with Gasteiger partial charge in [-0.3, -0.25) is 10.1 Å². The molecule has 7 nitrogen and oxygen atoms in total. The summed E-state index contributed by atoms with van der Waals surface area (Å²) in [6.45, 7) is 1.46. The zero-order valence-electron chi connectivity index (χ0n) is 11.3. The Kier molecular flexibility index (Phi) is 6.03. The Balaban J connectivity index is 2.66. The molecule has 20 heavy (non-hydrogen) atoms. The Morgan fingerprint density at radius 1 is 1.30 bits per heavy atom. The SMILES string of the molecule is CCC(CO)(CO)NCC(O)c1ccc([N+](=O)[O-])cc1. The molecule has 4 N–H and O–H groups in total. The molecule has 0 aliphatic rings. The minimum absolute atomic E-state index is 0.0393. The number of aliphatic hydroxyl groups excluding tert-OH is 3. The first-order valence-electron chi connectivity index (χ1n) is 6.37. The third-order valence-electron chi connectivity index (χ3n) is 3.44. The molecule has 0 aliphatic carbocycles. The van der Waals surface area contributed by atoms with Crippen molar-refractivity contribution in [3.05, 3.63) is 39.9 Å². The van der Waals surface area contributed by atoms with E-state index < -0.39 is 16.6 Å². The fraction of sp³-hybridized carbons (Fsp3) is 0.538. The van der Waals surface area contributed by atoms with Crippen LogP contribution in [0.1, 0.15) is 25.0 Å². The van der Waals surface area contributed by atoms with Crippen LogP contribution in [0.3, 0.4) is 0 Å². The molecule has 0 amide bonds. The predicted molar refractivity (Wildman–Crippen MR) is 73.3 cm³/mol. The van der Waals surface area contributed by atoms with Gasteiger partial charge in [0.25, 0.3) is 5.69 Å². The second-order valence-corrected chi connectivity index (χ2v) is 4.70. The van der Waals surface area contributed by atoms with E-state index in [1.807, 2.05) is 6.92 Å². The molecule has 0 fully saturated rings. The van der Waals surface area contributed by atoms with Crippen molar-refractivity contribution in [3.63, 3.8) is 0 Å². The second-order valence-electron chi connectivity index (χ2n) is 4.70. The Labute approximate surface area is 117 Å². The van der Waals surface area contributed by atoms with Gasteiger partial charge < -0.3 is 20.6 Å². The van der Waals surface area contributed by atoms with E-state index in [1.54, 1.807) is 0 Å². The molecule has 7 heteroatoms. The Morgan fingerprint density at radius 2 is 1.85 bits per heavy atom. The molecule has 0 saturated heterocycles. The van der Waals surface area contributed by atoms with Crippen molar-refractivity contribution in [2.24, 2.45) is 0 Å². The van der Waals surface area contributed by atoms with Crippen molar-refractivity contribution in [2.45, 2.75) is 25.0 Å². The van der Waals surface area contributed by atoms with E-state index in [4.69, 9.17) is 0 Å². The van der Waals surface area contributed by atoms with Gasteiger partial charge in [-0.05, 0) is 24.1 Å². The number of hydrogen-bond donors (Lipinski definition) is 4. The summed E-state index contributed by atoms with van der Waals surface area (Å²) in [4.78, 5) is 10.0. The number of β-amino-alcohol motifs (C(OH)–C–C–N with tert-alkyl or cyclic N) is 1. The zero-order valence-corrected chi connectivity index (χ0v) is 11.3. The van der Waals surface area contributed by atoms with Gasteiger partial charge in [0, 0.05) is 18.7 Å². The number of aliphatic hydroxyl groups is 3. The highest BCUT2D eigenvalue weighted by Crippen LogP contribution is 2.18. The second kappa shape index (κ2) is 7.30. The molecular formula is C13H20N2O5. The summed E-state index contributed by atoms with van der Waals surface area (Å²) in [5.74, 6) is 0. The Bertz CT molecular complexity index is 423. The summed E-state index contributed by atoms with van der Waals surface area (Å²) < 4.78 is 0. The maximum atomic E-state index is 10.5. The standard InChI is InChI=1S/C13H20N2O5/c1-2-13(8-16,9-17)14-7-12(18)10-3-5-11(6-4-10)15(19)20/h3-6,12,14,16-18H,2,7-9H2,1H3. The van der Waals surface area contributed by atoms with Gasteiger partial charge in [0.05, 0.1) is 29.8 Å². The monoisotopic (exact) mass is 284 g/mol. The minimum atomic E-state index is -0.875. The smallest absolute Gasteiger partial charge is 0.269 e. The number of hydrogen-bond acceptors (Lipinski definition) is 6. The van der Waals surface area contributed by atoms with Crippen LogP contribution in [0.2, 0.25) is 0 Å². The van der Waals surface area contributed by atoms with Gasteiger partial charge in [0.2, 0.25) is 0 Å². The van der Waals surface area contributed by atoms with Crippen molar-refractivity contribution in [1.82, 2.24) is 5.32 Å². The van der Waals surface area contributed by atoms with Gasteiger partial charge in [0.1, 0.15) is 0 Å². The van der Waals surface area contributed by atoms with Crippen LogP contribution >= 0.6 is 0 Å². The van der Waals surface area contributed by atoms with Crippen molar-refractivity contribution in [3.8, 4) is 0 Å². The summed E-state index contributed by atoms with van der Waals surface area (Å²) in [5.41, 5.74) is -0.339. The van der Waals surface area contributed by atoms with Crippen LogP contribution < -0.4 is 5.32 Å². The molecule has 0 saturated carbocycles. The highest BCUT2D eigenvalue weighted by molar-refractivity contribution is 5.33. The fourth-order valence-electron chi connectivity index (χ4n) is 1.76. The maximum Gasteiger partial charge on any atom is 0.269 e. The minimum Gasteiger partial charge on any atom is -0.394 e. The van der Waals surface area contributed by atoms with Crippen molar-refractivity contribution in [2.75, 3.05) is 19.8 Å². The molecular weight excluding hydrogens is 264 g/mol. The Morgan fingerprint density at radius 3 is 2.25 bits per heavy atom. The lowest BCUT2D eigenvalue weighted by atomic mass is 9.97. The van der Waals surface area contributed by atoms with Crippen LogP contribution in [0.5, 0.6) is 0 Å². The first-order chi connectivity index (χ1) is 9.48. The largest absolute Gasteiger partial charge is 0.394 e. The molecule has 1 aromatic carbocycles. The van der Waals surface area contributed by atoms with E-state index in [-0.39, 0.29) is 25.4 Å². The number of rotatable bonds is 8. The zero-order chi connectivity index (χ0) is 15.2. The molecule has 0 spiro atoms. The average molecular weight is 284 g/mol. The third-order valence-corrected chi connectivity index (χ3v) is 3.44. The third kappa shape index (κ3) is 3.97. The lowest BCUT2D eigenvalue weighted by Gasteiger charge is -2.31. The molecule has 0 heterocycles. The van der Waals surface area contributed by atoms with Gasteiger partial charge in [-0.25, -0.2) is 0 Å². The van der Waals surface area contributed by atoms with Crippen molar-refractivity contribution >= 4 is 5.69 Å². The number of nitrogens with zero attached hydrogens (tertiary/aromatic N) is 1. The Hall–Kier alpha value is -1.54. The number of nitro benzene ring substituents is 1. The van der Waals surface area contributed by atoms with Gasteiger partial charge in [0.15, 0.2) is 0 Å². The first-order valence-corrected chi connectivity index (χ1v) is 6.37. The van der Waals surface area contributed by atoms with Crippen LogP contribution in [0.15, 0.2) is 24.3 Å². The van der Waals surface area contributed by atoms with Crippen molar-refractivity contribution in [1.29, 1.82) is 0 Å². The summed E-state index contributed by atoms with van der Waals surface area (Å²) in [7, 11) is 0. The number of nitrogens with one attached hydrogen (secondary N) is 1. The normalized spacial score (nSPS) is 13.2. The summed E-state index contributed by atoms with van der Waals surface area (Å²) in [6, 6.07) is 5.61. The van der Waals surface area contributed by atoms with Crippen LogP contribution in [0.25, 0.3) is 0 Å². The first kappa shape index (κ1) is 16.5. The molecule has 0 aliphatic heterocycles. The molecule has 0 aromatic heterocycles. The number of benzene rings is 1. The van der Waals surface area contributed by atoms with E-state index in [2.05, 4.69) is 5.32 Å². The van der Waals surface area contributed by atoms with Crippen LogP contribution in [-0.4, -0.2) is 45.5 Å². The molecule has 1 atom stereocenters. The summed E-state index contributed by atoms with van der Waals surface area (Å²) >= 11 is 0. The average Bonchev–Trinajstić information content (AvgIpc) is 2.49. The maximum absolute atomic E-state index is 10.5. The van der Waals surface area contributed by atoms with E-state index >= 15 is 0 Å². The summed E-state index contributed by atoms with van der Waals surface area (Å²) in [6.07, 6.45) is -0.368. The molecule has 1 unspecified atom stereocenters. The van der Waals surface area contributed by atoms with E-state index in [0.29, 0.717) is 12.0 Å². The highest BCUT2D eigenvalue weighted by Gasteiger charge is 2.26. The topological polar surface area (TPSA) is 116 Å². The lowest BCUT2D eigenvalue weighted by Crippen LogP contribution is -2.52.